The second kappa shape index (κ2) is 10.7. The lowest BCUT2D eigenvalue weighted by molar-refractivity contribution is -0.146. The number of benzene rings is 1. The Labute approximate surface area is 151 Å². The predicted molar refractivity (Wildman–Crippen MR) is 98.7 cm³/mol. The second-order valence-electron chi connectivity index (χ2n) is 6.48. The molecule has 1 amide bonds. The van der Waals surface area contributed by atoms with E-state index in [-0.39, 0.29) is 24.4 Å². The minimum Gasteiger partial charge on any atom is -0.483 e. The number of aryl methyl sites for hydroxylation is 2. The Morgan fingerprint density at radius 2 is 1.80 bits per heavy atom. The fourth-order valence-corrected chi connectivity index (χ4v) is 2.73. The molecule has 5 heteroatoms. The van der Waals surface area contributed by atoms with E-state index in [4.69, 9.17) is 9.47 Å². The van der Waals surface area contributed by atoms with Gasteiger partial charge in [-0.2, -0.15) is 0 Å². The molecule has 140 valence electrons. The highest BCUT2D eigenvalue weighted by Crippen LogP contribution is 2.22. The van der Waals surface area contributed by atoms with Crippen LogP contribution in [0.4, 0.5) is 0 Å². The van der Waals surface area contributed by atoms with Gasteiger partial charge < -0.3 is 14.4 Å². The Balaban J connectivity index is 2.72. The van der Waals surface area contributed by atoms with Gasteiger partial charge in [0.15, 0.2) is 6.61 Å². The maximum atomic E-state index is 12.6. The van der Waals surface area contributed by atoms with Gasteiger partial charge in [0.2, 0.25) is 0 Å². The number of ether oxygens (including phenoxy) is 2. The Morgan fingerprint density at radius 3 is 2.36 bits per heavy atom. The van der Waals surface area contributed by atoms with Gasteiger partial charge in [-0.1, -0.05) is 44.9 Å². The van der Waals surface area contributed by atoms with Crippen molar-refractivity contribution < 1.29 is 19.1 Å². The molecule has 0 aliphatic carbocycles. The lowest BCUT2D eigenvalue weighted by Gasteiger charge is -2.25. The van der Waals surface area contributed by atoms with E-state index in [1.165, 1.54) is 7.11 Å². The second-order valence-corrected chi connectivity index (χ2v) is 6.48. The number of hydrogen-bond acceptors (Lipinski definition) is 4. The molecule has 0 radical (unpaired) electrons. The van der Waals surface area contributed by atoms with Crippen LogP contribution in [0.1, 0.15) is 44.2 Å². The standard InChI is InChI=1S/C20H31NO4/c1-6-7-8-12-21(13-17(4)20(23)24-5)18(22)14-25-19-15(2)10-9-11-16(19)3/h9-11,17H,6-8,12-14H2,1-5H3. The summed E-state index contributed by atoms with van der Waals surface area (Å²) in [5.41, 5.74) is 2.02. The van der Waals surface area contributed by atoms with E-state index in [0.29, 0.717) is 13.1 Å². The third kappa shape index (κ3) is 6.77. The van der Waals surface area contributed by atoms with Gasteiger partial charge in [0.1, 0.15) is 5.75 Å². The molecular formula is C20H31NO4. The molecule has 1 unspecified atom stereocenters. The molecule has 5 nitrogen and oxygen atoms in total. The van der Waals surface area contributed by atoms with Crippen molar-refractivity contribution in [2.75, 3.05) is 26.8 Å². The van der Waals surface area contributed by atoms with Crippen LogP contribution in [-0.4, -0.2) is 43.6 Å². The minimum absolute atomic E-state index is 0.0221. The van der Waals surface area contributed by atoms with Crippen LogP contribution in [0.2, 0.25) is 0 Å². The molecule has 0 aromatic heterocycles. The van der Waals surface area contributed by atoms with Crippen LogP contribution >= 0.6 is 0 Å². The van der Waals surface area contributed by atoms with Crippen molar-refractivity contribution in [3.63, 3.8) is 0 Å². The number of unbranched alkanes of at least 4 members (excludes halogenated alkanes) is 2. The zero-order valence-electron chi connectivity index (χ0n) is 16.1. The predicted octanol–water partition coefficient (Wildman–Crippen LogP) is 3.51. The summed E-state index contributed by atoms with van der Waals surface area (Å²) < 4.78 is 10.5. The van der Waals surface area contributed by atoms with Gasteiger partial charge in [0.25, 0.3) is 5.91 Å². The zero-order valence-corrected chi connectivity index (χ0v) is 16.1. The van der Waals surface area contributed by atoms with E-state index in [1.54, 1.807) is 11.8 Å². The van der Waals surface area contributed by atoms with Crippen molar-refractivity contribution in [2.24, 2.45) is 5.92 Å². The average Bonchev–Trinajstić information content (AvgIpc) is 2.59. The summed E-state index contributed by atoms with van der Waals surface area (Å²) >= 11 is 0. The molecule has 0 aliphatic heterocycles. The molecule has 25 heavy (non-hydrogen) atoms. The molecule has 0 heterocycles. The maximum Gasteiger partial charge on any atom is 0.310 e. The summed E-state index contributed by atoms with van der Waals surface area (Å²) in [6.45, 7) is 8.78. The van der Waals surface area contributed by atoms with Gasteiger partial charge in [0.05, 0.1) is 13.0 Å². The van der Waals surface area contributed by atoms with Crippen molar-refractivity contribution in [3.05, 3.63) is 29.3 Å². The number of amides is 1. The summed E-state index contributed by atoms with van der Waals surface area (Å²) in [6, 6.07) is 5.89. The van der Waals surface area contributed by atoms with Gasteiger partial charge in [-0.3, -0.25) is 9.59 Å². The fraction of sp³-hybridized carbons (Fsp3) is 0.600. The van der Waals surface area contributed by atoms with Crippen molar-refractivity contribution in [2.45, 2.75) is 47.0 Å². The number of nitrogens with zero attached hydrogens (tertiary/aromatic N) is 1. The topological polar surface area (TPSA) is 55.8 Å². The highest BCUT2D eigenvalue weighted by Gasteiger charge is 2.22. The average molecular weight is 349 g/mol. The molecule has 0 bridgehead atoms. The quantitative estimate of drug-likeness (QED) is 0.479. The summed E-state index contributed by atoms with van der Waals surface area (Å²) in [5, 5.41) is 0. The van der Waals surface area contributed by atoms with Crippen LogP contribution in [0.3, 0.4) is 0 Å². The van der Waals surface area contributed by atoms with Crippen molar-refractivity contribution in [3.8, 4) is 5.75 Å². The van der Waals surface area contributed by atoms with E-state index in [2.05, 4.69) is 6.92 Å². The molecular weight excluding hydrogens is 318 g/mol. The third-order valence-electron chi connectivity index (χ3n) is 4.23. The molecule has 0 saturated carbocycles. The number of hydrogen-bond donors (Lipinski definition) is 0. The Bertz CT molecular complexity index is 551. The van der Waals surface area contributed by atoms with Crippen LogP contribution in [0.5, 0.6) is 5.75 Å². The highest BCUT2D eigenvalue weighted by molar-refractivity contribution is 5.79. The first-order valence-corrected chi connectivity index (χ1v) is 8.95. The summed E-state index contributed by atoms with van der Waals surface area (Å²) in [7, 11) is 1.37. The highest BCUT2D eigenvalue weighted by atomic mass is 16.5. The molecule has 0 spiro atoms. The monoisotopic (exact) mass is 349 g/mol. The van der Waals surface area contributed by atoms with Crippen LogP contribution in [0.15, 0.2) is 18.2 Å². The first-order chi connectivity index (χ1) is 11.9. The van der Waals surface area contributed by atoms with Crippen LogP contribution in [-0.2, 0) is 14.3 Å². The molecule has 1 aromatic carbocycles. The molecule has 0 fully saturated rings. The van der Waals surface area contributed by atoms with Gasteiger partial charge in [-0.15, -0.1) is 0 Å². The van der Waals surface area contributed by atoms with Crippen LogP contribution in [0.25, 0.3) is 0 Å². The summed E-state index contributed by atoms with van der Waals surface area (Å²) in [4.78, 5) is 26.0. The van der Waals surface area contributed by atoms with Crippen LogP contribution in [0, 0.1) is 19.8 Å². The Morgan fingerprint density at radius 1 is 1.16 bits per heavy atom. The smallest absolute Gasteiger partial charge is 0.310 e. The normalized spacial score (nSPS) is 11.7. The Hall–Kier alpha value is -2.04. The molecule has 0 aliphatic rings. The maximum absolute atomic E-state index is 12.6. The molecule has 0 N–H and O–H groups in total. The van der Waals surface area contributed by atoms with Crippen LogP contribution < -0.4 is 4.74 Å². The van der Waals surface area contributed by atoms with Gasteiger partial charge in [-0.05, 0) is 31.4 Å². The SMILES string of the molecule is CCCCCN(CC(C)C(=O)OC)C(=O)COc1c(C)cccc1C. The first kappa shape index (κ1) is 21.0. The lowest BCUT2D eigenvalue weighted by atomic mass is 10.1. The van der Waals surface area contributed by atoms with Crippen molar-refractivity contribution >= 4 is 11.9 Å². The lowest BCUT2D eigenvalue weighted by Crippen LogP contribution is -2.40. The zero-order chi connectivity index (χ0) is 18.8. The number of rotatable bonds is 10. The molecule has 0 saturated heterocycles. The largest absolute Gasteiger partial charge is 0.483 e. The molecule has 1 aromatic rings. The van der Waals surface area contributed by atoms with Gasteiger partial charge in [0, 0.05) is 13.1 Å². The number of methoxy groups -OCH3 is 1. The molecule has 1 atom stereocenters. The summed E-state index contributed by atoms with van der Waals surface area (Å²) in [5.74, 6) is -0.000356. The van der Waals surface area contributed by atoms with E-state index >= 15 is 0 Å². The van der Waals surface area contributed by atoms with E-state index in [9.17, 15) is 9.59 Å². The van der Waals surface area contributed by atoms with Crippen molar-refractivity contribution in [1.82, 2.24) is 4.90 Å². The van der Waals surface area contributed by atoms with E-state index in [1.807, 2.05) is 32.0 Å². The number of para-hydroxylation sites is 1. The Kier molecular flexibility index (Phi) is 9.03. The van der Waals surface area contributed by atoms with E-state index in [0.717, 1.165) is 36.1 Å². The fourth-order valence-electron chi connectivity index (χ4n) is 2.73. The number of carbonyl (C=O) groups excluding carboxylic acids is 2. The number of carbonyl (C=O) groups is 2. The van der Waals surface area contributed by atoms with Crippen molar-refractivity contribution in [1.29, 1.82) is 0 Å². The van der Waals surface area contributed by atoms with Gasteiger partial charge in [-0.25, -0.2) is 0 Å². The van der Waals surface area contributed by atoms with Gasteiger partial charge >= 0.3 is 5.97 Å². The molecule has 1 rings (SSSR count). The minimum atomic E-state index is -0.351. The summed E-state index contributed by atoms with van der Waals surface area (Å²) in [6.07, 6.45) is 3.04. The van der Waals surface area contributed by atoms with E-state index < -0.39 is 0 Å². The first-order valence-electron chi connectivity index (χ1n) is 8.95. The third-order valence-corrected chi connectivity index (χ3v) is 4.23. The number of esters is 1.